The number of benzene rings is 3. The van der Waals surface area contributed by atoms with Crippen LogP contribution in [0.15, 0.2) is 72.8 Å². The van der Waals surface area contributed by atoms with Gasteiger partial charge >= 0.3 is 0 Å². The summed E-state index contributed by atoms with van der Waals surface area (Å²) in [4.78, 5) is 22.0. The first-order chi connectivity index (χ1) is 15.0. The number of rotatable bonds is 7. The molecule has 0 atom stereocenters. The fraction of sp³-hybridized carbons (Fsp3) is 0.200. The minimum atomic E-state index is -0.0486. The molecule has 158 valence electrons. The molecule has 0 spiro atoms. The summed E-state index contributed by atoms with van der Waals surface area (Å²) in [5.74, 6) is 0.734. The van der Waals surface area contributed by atoms with E-state index in [2.05, 4.69) is 17.0 Å². The van der Waals surface area contributed by atoms with Crippen molar-refractivity contribution in [3.05, 3.63) is 78.4 Å². The van der Waals surface area contributed by atoms with E-state index < -0.39 is 0 Å². The van der Waals surface area contributed by atoms with Gasteiger partial charge in [0, 0.05) is 18.7 Å². The van der Waals surface area contributed by atoms with Crippen LogP contribution in [-0.4, -0.2) is 50.1 Å². The van der Waals surface area contributed by atoms with E-state index in [4.69, 9.17) is 9.72 Å². The van der Waals surface area contributed by atoms with Crippen molar-refractivity contribution >= 4 is 32.6 Å². The van der Waals surface area contributed by atoms with Crippen LogP contribution in [0.4, 0.5) is 5.13 Å². The second-order valence-corrected chi connectivity index (χ2v) is 8.54. The van der Waals surface area contributed by atoms with Gasteiger partial charge in [-0.2, -0.15) is 0 Å². The Morgan fingerprint density at radius 1 is 0.935 bits per heavy atom. The molecule has 5 nitrogen and oxygen atoms in total. The Balaban J connectivity index is 1.65. The van der Waals surface area contributed by atoms with Gasteiger partial charge < -0.3 is 9.64 Å². The van der Waals surface area contributed by atoms with Gasteiger partial charge in [0.2, 0.25) is 0 Å². The lowest BCUT2D eigenvalue weighted by molar-refractivity contribution is 0.0985. The molecule has 1 aromatic heterocycles. The lowest BCUT2D eigenvalue weighted by atomic mass is 10.0. The summed E-state index contributed by atoms with van der Waals surface area (Å²) in [6, 6.07) is 23.7. The number of carbonyl (C=O) groups is 1. The van der Waals surface area contributed by atoms with Crippen LogP contribution in [0.5, 0.6) is 5.75 Å². The summed E-state index contributed by atoms with van der Waals surface area (Å²) in [6.45, 7) is 1.30. The molecular formula is C25H25N3O2S. The summed E-state index contributed by atoms with van der Waals surface area (Å²) in [7, 11) is 5.65. The molecule has 4 rings (SSSR count). The highest BCUT2D eigenvalue weighted by Crippen LogP contribution is 2.32. The maximum Gasteiger partial charge on any atom is 0.260 e. The molecule has 0 fully saturated rings. The topological polar surface area (TPSA) is 45.7 Å². The number of hydrogen-bond acceptors (Lipinski definition) is 5. The lowest BCUT2D eigenvalue weighted by Crippen LogP contribution is -2.36. The zero-order chi connectivity index (χ0) is 21.8. The van der Waals surface area contributed by atoms with E-state index in [9.17, 15) is 4.79 Å². The van der Waals surface area contributed by atoms with Crippen LogP contribution in [0.1, 0.15) is 10.4 Å². The Kier molecular flexibility index (Phi) is 6.30. The van der Waals surface area contributed by atoms with E-state index in [1.807, 2.05) is 74.8 Å². The first-order valence-electron chi connectivity index (χ1n) is 10.1. The molecule has 6 heteroatoms. The third kappa shape index (κ3) is 4.76. The number of aromatic nitrogens is 1. The number of hydrogen-bond donors (Lipinski definition) is 0. The molecule has 3 aromatic carbocycles. The number of fused-ring (bicyclic) bond motifs is 1. The zero-order valence-corrected chi connectivity index (χ0v) is 18.7. The number of nitrogens with zero attached hydrogens (tertiary/aromatic N) is 3. The van der Waals surface area contributed by atoms with Crippen LogP contribution in [0.2, 0.25) is 0 Å². The van der Waals surface area contributed by atoms with Gasteiger partial charge in [-0.15, -0.1) is 0 Å². The summed E-state index contributed by atoms with van der Waals surface area (Å²) < 4.78 is 6.32. The smallest absolute Gasteiger partial charge is 0.260 e. The number of thiazole rings is 1. The maximum atomic E-state index is 13.5. The largest absolute Gasteiger partial charge is 0.497 e. The Morgan fingerprint density at radius 3 is 2.32 bits per heavy atom. The van der Waals surface area contributed by atoms with Crippen molar-refractivity contribution in [1.29, 1.82) is 0 Å². The lowest BCUT2D eigenvalue weighted by Gasteiger charge is -2.22. The maximum absolute atomic E-state index is 13.5. The quantitative estimate of drug-likeness (QED) is 0.404. The first-order valence-corrected chi connectivity index (χ1v) is 10.9. The molecule has 0 aliphatic heterocycles. The Bertz CT molecular complexity index is 1170. The van der Waals surface area contributed by atoms with Gasteiger partial charge in [-0.1, -0.05) is 53.8 Å². The molecule has 1 heterocycles. The molecule has 0 N–H and O–H groups in total. The molecule has 0 bridgehead atoms. The third-order valence-electron chi connectivity index (χ3n) is 5.07. The van der Waals surface area contributed by atoms with Crippen molar-refractivity contribution in [2.75, 3.05) is 39.2 Å². The highest BCUT2D eigenvalue weighted by Gasteiger charge is 2.21. The van der Waals surface area contributed by atoms with E-state index in [-0.39, 0.29) is 5.91 Å². The molecule has 0 saturated heterocycles. The Morgan fingerprint density at radius 2 is 1.65 bits per heavy atom. The first kappa shape index (κ1) is 21.0. The Labute approximate surface area is 186 Å². The second-order valence-electron chi connectivity index (χ2n) is 7.53. The van der Waals surface area contributed by atoms with Gasteiger partial charge in [0.1, 0.15) is 5.75 Å². The van der Waals surface area contributed by atoms with Gasteiger partial charge in [-0.25, -0.2) is 4.98 Å². The minimum Gasteiger partial charge on any atom is -0.497 e. The predicted octanol–water partition coefficient (Wildman–Crippen LogP) is 5.18. The van der Waals surface area contributed by atoms with E-state index in [1.54, 1.807) is 12.0 Å². The fourth-order valence-corrected chi connectivity index (χ4v) is 4.33. The van der Waals surface area contributed by atoms with Gasteiger partial charge in [0.25, 0.3) is 5.91 Å². The number of methoxy groups -OCH3 is 1. The fourth-order valence-electron chi connectivity index (χ4n) is 3.31. The number of anilines is 1. The highest BCUT2D eigenvalue weighted by molar-refractivity contribution is 7.22. The van der Waals surface area contributed by atoms with Crippen molar-refractivity contribution in [3.8, 4) is 16.9 Å². The molecule has 31 heavy (non-hydrogen) atoms. The van der Waals surface area contributed by atoms with Crippen LogP contribution in [-0.2, 0) is 0 Å². The minimum absolute atomic E-state index is 0.0486. The number of ether oxygens (including phenoxy) is 1. The van der Waals surface area contributed by atoms with Crippen molar-refractivity contribution in [3.63, 3.8) is 0 Å². The van der Waals surface area contributed by atoms with E-state index in [0.29, 0.717) is 17.2 Å². The van der Waals surface area contributed by atoms with Crippen molar-refractivity contribution in [1.82, 2.24) is 9.88 Å². The second kappa shape index (κ2) is 9.29. The zero-order valence-electron chi connectivity index (χ0n) is 17.9. The van der Waals surface area contributed by atoms with Crippen LogP contribution in [0.3, 0.4) is 0 Å². The molecule has 0 aliphatic carbocycles. The SMILES string of the molecule is COc1ccc2nc(N(CCN(C)C)C(=O)c3ccc(-c4ccccc4)cc3)sc2c1. The van der Waals surface area contributed by atoms with Crippen LogP contribution in [0, 0.1) is 0 Å². The molecule has 0 saturated carbocycles. The predicted molar refractivity (Wildman–Crippen MR) is 128 cm³/mol. The van der Waals surface area contributed by atoms with Gasteiger partial charge in [0.05, 0.1) is 17.3 Å². The van der Waals surface area contributed by atoms with Crippen molar-refractivity contribution in [2.45, 2.75) is 0 Å². The number of carbonyl (C=O) groups excluding carboxylic acids is 1. The molecule has 0 radical (unpaired) electrons. The monoisotopic (exact) mass is 431 g/mol. The van der Waals surface area contributed by atoms with Crippen LogP contribution in [0.25, 0.3) is 21.3 Å². The summed E-state index contributed by atoms with van der Waals surface area (Å²) in [5, 5.41) is 0.697. The molecular weight excluding hydrogens is 406 g/mol. The molecule has 0 aliphatic rings. The normalized spacial score (nSPS) is 11.1. The van der Waals surface area contributed by atoms with E-state index >= 15 is 0 Å². The highest BCUT2D eigenvalue weighted by atomic mass is 32.1. The summed E-state index contributed by atoms with van der Waals surface area (Å²) in [6.07, 6.45) is 0. The van der Waals surface area contributed by atoms with Crippen LogP contribution < -0.4 is 9.64 Å². The average molecular weight is 432 g/mol. The van der Waals surface area contributed by atoms with E-state index in [0.717, 1.165) is 33.6 Å². The Hall–Kier alpha value is -3.22. The standard InChI is InChI=1S/C25H25N3O2S/c1-27(2)15-16-28(25-26-22-14-13-21(30-3)17-23(22)31-25)24(29)20-11-9-19(10-12-20)18-7-5-4-6-8-18/h4-14,17H,15-16H2,1-3H3. The number of likely N-dealkylation sites (N-methyl/N-ethyl adjacent to an activating group) is 1. The molecule has 1 amide bonds. The number of amides is 1. The average Bonchev–Trinajstić information content (AvgIpc) is 3.22. The third-order valence-corrected chi connectivity index (χ3v) is 6.11. The van der Waals surface area contributed by atoms with Crippen molar-refractivity contribution in [2.24, 2.45) is 0 Å². The van der Waals surface area contributed by atoms with Gasteiger partial charge in [-0.05, 0) is 55.6 Å². The van der Waals surface area contributed by atoms with Gasteiger partial charge in [-0.3, -0.25) is 9.69 Å². The van der Waals surface area contributed by atoms with Crippen molar-refractivity contribution < 1.29 is 9.53 Å². The molecule has 0 unspecified atom stereocenters. The molecule has 4 aromatic rings. The summed E-state index contributed by atoms with van der Waals surface area (Å²) >= 11 is 1.51. The summed E-state index contributed by atoms with van der Waals surface area (Å²) in [5.41, 5.74) is 3.73. The van der Waals surface area contributed by atoms with Gasteiger partial charge in [0.15, 0.2) is 5.13 Å². The van der Waals surface area contributed by atoms with E-state index in [1.165, 1.54) is 11.3 Å². The van der Waals surface area contributed by atoms with Crippen LogP contribution >= 0.6 is 11.3 Å².